The SMILES string of the molecule is C=CCOCC=C.CC(=O)O.N. The van der Waals surface area contributed by atoms with Gasteiger partial charge in [0.15, 0.2) is 0 Å². The standard InChI is InChI=1S/C6H10O.C2H4O2.H3N/c1-3-5-7-6-4-2;1-2(3)4;/h3-4H,1-2,5-6H2;1H3,(H,3,4);1H3. The van der Waals surface area contributed by atoms with Crippen LogP contribution in [0.3, 0.4) is 0 Å². The zero-order chi connectivity index (χ0) is 9.11. The molecule has 0 fully saturated rings. The first-order valence-electron chi connectivity index (χ1n) is 3.14. The smallest absolute Gasteiger partial charge is 0.300 e. The molecule has 0 aromatic heterocycles. The van der Waals surface area contributed by atoms with Gasteiger partial charge in [-0.2, -0.15) is 0 Å². The van der Waals surface area contributed by atoms with Gasteiger partial charge in [-0.05, 0) is 0 Å². The van der Waals surface area contributed by atoms with Crippen LogP contribution >= 0.6 is 0 Å². The molecular formula is C8H17NO3. The number of rotatable bonds is 4. The normalized spacial score (nSPS) is 6.75. The van der Waals surface area contributed by atoms with Gasteiger partial charge in [0, 0.05) is 6.92 Å². The average Bonchev–Trinajstić information content (AvgIpc) is 1.88. The van der Waals surface area contributed by atoms with Gasteiger partial charge in [0.2, 0.25) is 0 Å². The number of hydrogen-bond donors (Lipinski definition) is 2. The van der Waals surface area contributed by atoms with Crippen LogP contribution in [0.15, 0.2) is 25.3 Å². The Balaban J connectivity index is -0.000000142. The van der Waals surface area contributed by atoms with Crippen LogP contribution in [0.25, 0.3) is 0 Å². The summed E-state index contributed by atoms with van der Waals surface area (Å²) < 4.78 is 4.90. The van der Waals surface area contributed by atoms with Crippen molar-refractivity contribution < 1.29 is 14.6 Å². The van der Waals surface area contributed by atoms with Gasteiger partial charge in [-0.25, -0.2) is 0 Å². The van der Waals surface area contributed by atoms with Gasteiger partial charge in [-0.3, -0.25) is 4.79 Å². The summed E-state index contributed by atoms with van der Waals surface area (Å²) in [5, 5.41) is 7.42. The molecule has 0 aliphatic rings. The summed E-state index contributed by atoms with van der Waals surface area (Å²) in [4.78, 5) is 9.00. The fraction of sp³-hybridized carbons (Fsp3) is 0.375. The molecule has 0 amide bonds. The van der Waals surface area contributed by atoms with Crippen molar-refractivity contribution in [2.45, 2.75) is 6.92 Å². The summed E-state index contributed by atoms with van der Waals surface area (Å²) in [6.07, 6.45) is 3.42. The minimum absolute atomic E-state index is 0. The van der Waals surface area contributed by atoms with Gasteiger partial charge in [-0.1, -0.05) is 12.2 Å². The van der Waals surface area contributed by atoms with Gasteiger partial charge < -0.3 is 16.0 Å². The van der Waals surface area contributed by atoms with Crippen molar-refractivity contribution in [1.82, 2.24) is 6.15 Å². The van der Waals surface area contributed by atoms with Gasteiger partial charge in [0.1, 0.15) is 0 Å². The maximum absolute atomic E-state index is 9.00. The summed E-state index contributed by atoms with van der Waals surface area (Å²) in [6, 6.07) is 0. The molecule has 0 aromatic rings. The lowest BCUT2D eigenvalue weighted by molar-refractivity contribution is -0.134. The first kappa shape index (κ1) is 17.1. The van der Waals surface area contributed by atoms with E-state index >= 15 is 0 Å². The molecule has 0 saturated heterocycles. The summed E-state index contributed by atoms with van der Waals surface area (Å²) >= 11 is 0. The molecule has 12 heavy (non-hydrogen) atoms. The van der Waals surface area contributed by atoms with E-state index in [1.54, 1.807) is 12.2 Å². The molecule has 0 aromatic carbocycles. The minimum Gasteiger partial charge on any atom is -0.481 e. The number of aliphatic carboxylic acids is 1. The number of carbonyl (C=O) groups is 1. The maximum atomic E-state index is 9.00. The molecule has 0 rings (SSSR count). The molecule has 0 radical (unpaired) electrons. The second-order valence-electron chi connectivity index (χ2n) is 1.63. The lowest BCUT2D eigenvalue weighted by Gasteiger charge is -1.89. The molecule has 72 valence electrons. The van der Waals surface area contributed by atoms with Gasteiger partial charge in [0.25, 0.3) is 5.97 Å². The number of carboxylic acids is 1. The molecule has 0 aliphatic heterocycles. The van der Waals surface area contributed by atoms with Crippen LogP contribution in [0.5, 0.6) is 0 Å². The third-order valence-electron chi connectivity index (χ3n) is 0.471. The topological polar surface area (TPSA) is 81.5 Å². The quantitative estimate of drug-likeness (QED) is 0.502. The van der Waals surface area contributed by atoms with Gasteiger partial charge >= 0.3 is 0 Å². The van der Waals surface area contributed by atoms with Crippen molar-refractivity contribution in [3.8, 4) is 0 Å². The van der Waals surface area contributed by atoms with Crippen molar-refractivity contribution >= 4 is 5.97 Å². The molecule has 4 N–H and O–H groups in total. The van der Waals surface area contributed by atoms with E-state index in [9.17, 15) is 0 Å². The van der Waals surface area contributed by atoms with Crippen molar-refractivity contribution in [3.63, 3.8) is 0 Å². The van der Waals surface area contributed by atoms with E-state index in [-0.39, 0.29) is 6.15 Å². The van der Waals surface area contributed by atoms with Crippen LogP contribution in [0.1, 0.15) is 6.92 Å². The van der Waals surface area contributed by atoms with E-state index in [0.717, 1.165) is 6.92 Å². The van der Waals surface area contributed by atoms with E-state index in [1.807, 2.05) is 0 Å². The van der Waals surface area contributed by atoms with Gasteiger partial charge in [0.05, 0.1) is 13.2 Å². The predicted molar refractivity (Wildman–Crippen MR) is 49.5 cm³/mol. The summed E-state index contributed by atoms with van der Waals surface area (Å²) in [5.41, 5.74) is 0. The van der Waals surface area contributed by atoms with Crippen LogP contribution in [0.4, 0.5) is 0 Å². The molecule has 4 heteroatoms. The highest BCUT2D eigenvalue weighted by Gasteiger charge is 1.70. The Morgan fingerprint density at radius 3 is 1.83 bits per heavy atom. The third-order valence-corrected chi connectivity index (χ3v) is 0.471. The second kappa shape index (κ2) is 16.5. The highest BCUT2D eigenvalue weighted by molar-refractivity contribution is 5.62. The highest BCUT2D eigenvalue weighted by atomic mass is 16.5. The Morgan fingerprint density at radius 1 is 1.42 bits per heavy atom. The molecular weight excluding hydrogens is 158 g/mol. The molecule has 0 atom stereocenters. The minimum atomic E-state index is -0.833. The van der Waals surface area contributed by atoms with Crippen molar-refractivity contribution in [3.05, 3.63) is 25.3 Å². The number of ether oxygens (including phenoxy) is 1. The largest absolute Gasteiger partial charge is 0.481 e. The fourth-order valence-electron chi connectivity index (χ4n) is 0.235. The zero-order valence-corrected chi connectivity index (χ0v) is 7.45. The summed E-state index contributed by atoms with van der Waals surface area (Å²) in [6.45, 7) is 9.26. The third kappa shape index (κ3) is 66.7. The molecule has 0 spiro atoms. The van der Waals surface area contributed by atoms with Crippen LogP contribution in [-0.2, 0) is 9.53 Å². The fourth-order valence-corrected chi connectivity index (χ4v) is 0.235. The monoisotopic (exact) mass is 175 g/mol. The zero-order valence-electron chi connectivity index (χ0n) is 7.45. The first-order valence-corrected chi connectivity index (χ1v) is 3.14. The number of carboxylic acid groups (broad SMARTS) is 1. The predicted octanol–water partition coefficient (Wildman–Crippen LogP) is 1.63. The lowest BCUT2D eigenvalue weighted by Crippen LogP contribution is -1.87. The van der Waals surface area contributed by atoms with Crippen LogP contribution in [0, 0.1) is 0 Å². The van der Waals surface area contributed by atoms with E-state index in [1.165, 1.54) is 0 Å². The van der Waals surface area contributed by atoms with E-state index in [4.69, 9.17) is 14.6 Å². The maximum Gasteiger partial charge on any atom is 0.300 e. The molecule has 0 bridgehead atoms. The van der Waals surface area contributed by atoms with E-state index in [0.29, 0.717) is 13.2 Å². The van der Waals surface area contributed by atoms with Crippen LogP contribution in [-0.4, -0.2) is 24.3 Å². The highest BCUT2D eigenvalue weighted by Crippen LogP contribution is 1.72. The molecule has 0 unspecified atom stereocenters. The summed E-state index contributed by atoms with van der Waals surface area (Å²) in [7, 11) is 0. The van der Waals surface area contributed by atoms with Crippen molar-refractivity contribution in [2.75, 3.05) is 13.2 Å². The Kier molecular flexibility index (Phi) is 23.4. The molecule has 0 heterocycles. The molecule has 4 nitrogen and oxygen atoms in total. The Bertz CT molecular complexity index is 111. The van der Waals surface area contributed by atoms with Crippen molar-refractivity contribution in [2.24, 2.45) is 0 Å². The van der Waals surface area contributed by atoms with Crippen LogP contribution < -0.4 is 6.15 Å². The summed E-state index contributed by atoms with van der Waals surface area (Å²) in [5.74, 6) is -0.833. The molecule has 0 saturated carbocycles. The van der Waals surface area contributed by atoms with Crippen molar-refractivity contribution in [1.29, 1.82) is 0 Å². The Labute approximate surface area is 73.1 Å². The molecule has 0 aliphatic carbocycles. The Morgan fingerprint density at radius 2 is 1.67 bits per heavy atom. The Hall–Kier alpha value is -1.13. The van der Waals surface area contributed by atoms with Crippen LogP contribution in [0.2, 0.25) is 0 Å². The second-order valence-corrected chi connectivity index (χ2v) is 1.63. The van der Waals surface area contributed by atoms with Gasteiger partial charge in [-0.15, -0.1) is 13.2 Å². The van der Waals surface area contributed by atoms with E-state index < -0.39 is 5.97 Å². The number of hydrogen-bond acceptors (Lipinski definition) is 3. The average molecular weight is 175 g/mol. The van der Waals surface area contributed by atoms with E-state index in [2.05, 4.69) is 13.2 Å². The first-order chi connectivity index (χ1) is 5.15. The lowest BCUT2D eigenvalue weighted by atomic mass is 10.6.